The predicted octanol–water partition coefficient (Wildman–Crippen LogP) is 5.56. The van der Waals surface area contributed by atoms with Crippen LogP contribution in [0.25, 0.3) is 10.9 Å². The molecule has 2 aromatic carbocycles. The Balaban J connectivity index is 1.57. The number of alkyl halides is 2. The van der Waals surface area contributed by atoms with Gasteiger partial charge in [-0.05, 0) is 43.7 Å². The summed E-state index contributed by atoms with van der Waals surface area (Å²) >= 11 is 0. The Morgan fingerprint density at radius 3 is 2.60 bits per heavy atom. The molecule has 4 rings (SSSR count). The molecule has 1 aliphatic heterocycles. The maximum atomic E-state index is 14.1. The second kappa shape index (κ2) is 9.40. The van der Waals surface area contributed by atoms with Crippen molar-refractivity contribution in [3.8, 4) is 0 Å². The third-order valence-electron chi connectivity index (χ3n) is 6.04. The summed E-state index contributed by atoms with van der Waals surface area (Å²) in [6, 6.07) is 12.4. The van der Waals surface area contributed by atoms with E-state index in [9.17, 15) is 23.2 Å². The first-order valence-corrected chi connectivity index (χ1v) is 11.5. The van der Waals surface area contributed by atoms with Gasteiger partial charge in [0.25, 0.3) is 11.8 Å². The molecule has 9 heteroatoms. The number of fused-ring (bicyclic) bond motifs is 1. The van der Waals surface area contributed by atoms with Crippen molar-refractivity contribution in [3.63, 3.8) is 0 Å². The van der Waals surface area contributed by atoms with E-state index in [1.54, 1.807) is 35.9 Å². The smallest absolute Gasteiger partial charge is 0.273 e. The van der Waals surface area contributed by atoms with Gasteiger partial charge in [0.05, 0.1) is 16.9 Å². The van der Waals surface area contributed by atoms with Gasteiger partial charge < -0.3 is 5.32 Å². The zero-order valence-corrected chi connectivity index (χ0v) is 19.7. The van der Waals surface area contributed by atoms with Gasteiger partial charge in [-0.2, -0.15) is 10.1 Å². The van der Waals surface area contributed by atoms with Crippen molar-refractivity contribution in [2.75, 3.05) is 10.3 Å². The second-order valence-electron chi connectivity index (χ2n) is 8.53. The van der Waals surface area contributed by atoms with Gasteiger partial charge in [-0.1, -0.05) is 32.0 Å². The van der Waals surface area contributed by atoms with Gasteiger partial charge in [0.1, 0.15) is 0 Å². The highest BCUT2D eigenvalue weighted by molar-refractivity contribution is 6.28. The van der Waals surface area contributed by atoms with Crippen LogP contribution in [0.2, 0.25) is 0 Å². The van der Waals surface area contributed by atoms with Crippen LogP contribution in [-0.4, -0.2) is 28.0 Å². The standard InChI is InChI=1S/C26H26F2N4O3/c1-4-7-22(33)31-13-12-17-10-11-20(15-21(17)31)32-25(35)23(16(3)30-32)24(34)29-19-9-6-8-18(14-19)26(27,28)5-2/h6,8-15,23H,4-5,7H2,1-3H3,(H,29,34). The molecule has 0 bridgehead atoms. The summed E-state index contributed by atoms with van der Waals surface area (Å²) < 4.78 is 29.7. The molecule has 1 atom stereocenters. The van der Waals surface area contributed by atoms with Crippen molar-refractivity contribution in [1.29, 1.82) is 0 Å². The number of nitrogens with one attached hydrogen (secondary N) is 1. The molecular weight excluding hydrogens is 454 g/mol. The minimum atomic E-state index is -3.02. The minimum absolute atomic E-state index is 0.0554. The fourth-order valence-electron chi connectivity index (χ4n) is 4.10. The van der Waals surface area contributed by atoms with Crippen LogP contribution < -0.4 is 10.3 Å². The number of rotatable bonds is 7. The molecule has 0 saturated heterocycles. The Morgan fingerprint density at radius 2 is 1.89 bits per heavy atom. The van der Waals surface area contributed by atoms with Gasteiger partial charge in [-0.25, -0.2) is 8.78 Å². The third-order valence-corrected chi connectivity index (χ3v) is 6.04. The van der Waals surface area contributed by atoms with E-state index >= 15 is 0 Å². The van der Waals surface area contributed by atoms with Gasteiger partial charge in [-0.3, -0.25) is 19.0 Å². The first-order valence-electron chi connectivity index (χ1n) is 11.5. The zero-order valence-electron chi connectivity index (χ0n) is 19.7. The quantitative estimate of drug-likeness (QED) is 0.450. The molecule has 0 radical (unpaired) electrons. The van der Waals surface area contributed by atoms with Crippen LogP contribution in [0.15, 0.2) is 59.8 Å². The van der Waals surface area contributed by atoms with Gasteiger partial charge in [-0.15, -0.1) is 0 Å². The number of anilines is 2. The first kappa shape index (κ1) is 24.3. The average Bonchev–Trinajstić information content (AvgIpc) is 3.39. The summed E-state index contributed by atoms with van der Waals surface area (Å²) in [7, 11) is 0. The van der Waals surface area contributed by atoms with Gasteiger partial charge in [0.2, 0.25) is 11.8 Å². The number of hydrazone groups is 1. The monoisotopic (exact) mass is 480 g/mol. The van der Waals surface area contributed by atoms with Crippen LogP contribution in [0.1, 0.15) is 50.4 Å². The van der Waals surface area contributed by atoms with Crippen LogP contribution in [0.4, 0.5) is 20.2 Å². The maximum absolute atomic E-state index is 14.1. The van der Waals surface area contributed by atoms with Crippen LogP contribution in [0.5, 0.6) is 0 Å². The Hall–Kier alpha value is -3.88. The number of carbonyl (C=O) groups is 3. The molecule has 0 spiro atoms. The molecule has 1 N–H and O–H groups in total. The highest BCUT2D eigenvalue weighted by atomic mass is 19.3. The van der Waals surface area contributed by atoms with E-state index < -0.39 is 23.7 Å². The van der Waals surface area contributed by atoms with Gasteiger partial charge >= 0.3 is 0 Å². The molecule has 182 valence electrons. The van der Waals surface area contributed by atoms with Crippen LogP contribution in [0, 0.1) is 5.92 Å². The number of amides is 2. The van der Waals surface area contributed by atoms with E-state index in [0.29, 0.717) is 24.0 Å². The fraction of sp³-hybridized carbons (Fsp3) is 0.308. The van der Waals surface area contributed by atoms with Crippen molar-refractivity contribution < 1.29 is 23.2 Å². The van der Waals surface area contributed by atoms with Crippen molar-refractivity contribution in [2.24, 2.45) is 11.0 Å². The van der Waals surface area contributed by atoms with Crippen LogP contribution >= 0.6 is 0 Å². The number of hydrogen-bond donors (Lipinski definition) is 1. The van der Waals surface area contributed by atoms with Crippen molar-refractivity contribution in [3.05, 3.63) is 60.3 Å². The molecule has 1 aliphatic rings. The lowest BCUT2D eigenvalue weighted by Gasteiger charge is -2.17. The molecule has 3 aromatic rings. The Bertz CT molecular complexity index is 1350. The SMILES string of the molecule is CCCC(=O)n1ccc2ccc(N3N=C(C)C(C(=O)Nc4cccc(C(F)(F)CC)c4)C3=O)cc21. The lowest BCUT2D eigenvalue weighted by atomic mass is 10.0. The highest BCUT2D eigenvalue weighted by Gasteiger charge is 2.40. The zero-order chi connectivity index (χ0) is 25.3. The lowest BCUT2D eigenvalue weighted by molar-refractivity contribution is -0.127. The molecule has 2 heterocycles. The summed E-state index contributed by atoms with van der Waals surface area (Å²) in [6.45, 7) is 4.87. The van der Waals surface area contributed by atoms with E-state index in [0.717, 1.165) is 10.4 Å². The molecule has 1 aromatic heterocycles. The molecule has 35 heavy (non-hydrogen) atoms. The first-order chi connectivity index (χ1) is 16.7. The van der Waals surface area contributed by atoms with Crippen molar-refractivity contribution in [2.45, 2.75) is 46.0 Å². The molecule has 0 fully saturated rings. The number of halogens is 2. The van der Waals surface area contributed by atoms with Gasteiger partial charge in [0.15, 0.2) is 5.92 Å². The normalized spacial score (nSPS) is 16.0. The molecule has 0 aliphatic carbocycles. The highest BCUT2D eigenvalue weighted by Crippen LogP contribution is 2.33. The molecular formula is C26H26F2N4O3. The number of nitrogens with zero attached hydrogens (tertiary/aromatic N) is 3. The number of aromatic nitrogens is 1. The van der Waals surface area contributed by atoms with Crippen molar-refractivity contribution >= 4 is 45.7 Å². The second-order valence-corrected chi connectivity index (χ2v) is 8.53. The number of benzene rings is 2. The third kappa shape index (κ3) is 4.58. The van der Waals surface area contributed by atoms with E-state index in [2.05, 4.69) is 10.4 Å². The van der Waals surface area contributed by atoms with E-state index in [1.807, 2.05) is 13.0 Å². The predicted molar refractivity (Wildman–Crippen MR) is 131 cm³/mol. The summed E-state index contributed by atoms with van der Waals surface area (Å²) in [5, 5.41) is 8.83. The molecule has 1 unspecified atom stereocenters. The maximum Gasteiger partial charge on any atom is 0.273 e. The van der Waals surface area contributed by atoms with E-state index in [-0.39, 0.29) is 29.3 Å². The summed E-state index contributed by atoms with van der Waals surface area (Å²) in [4.78, 5) is 38.6. The topological polar surface area (TPSA) is 83.8 Å². The summed E-state index contributed by atoms with van der Waals surface area (Å²) in [5.41, 5.74) is 1.30. The fourth-order valence-corrected chi connectivity index (χ4v) is 4.10. The molecule has 2 amide bonds. The van der Waals surface area contributed by atoms with Crippen molar-refractivity contribution in [1.82, 2.24) is 4.57 Å². The summed E-state index contributed by atoms with van der Waals surface area (Å²) in [6.07, 6.45) is 2.42. The summed E-state index contributed by atoms with van der Waals surface area (Å²) in [5.74, 6) is -5.49. The average molecular weight is 481 g/mol. The van der Waals surface area contributed by atoms with E-state index in [4.69, 9.17) is 0 Å². The van der Waals surface area contributed by atoms with Gasteiger partial charge in [0, 0.05) is 35.7 Å². The largest absolute Gasteiger partial charge is 0.325 e. The van der Waals surface area contributed by atoms with Crippen LogP contribution in [-0.2, 0) is 15.5 Å². The van der Waals surface area contributed by atoms with E-state index in [1.165, 1.54) is 31.2 Å². The number of hydrogen-bond acceptors (Lipinski definition) is 4. The Morgan fingerprint density at radius 1 is 1.11 bits per heavy atom. The Labute approximate surface area is 201 Å². The molecule has 0 saturated carbocycles. The Kier molecular flexibility index (Phi) is 6.51. The minimum Gasteiger partial charge on any atom is -0.325 e. The van der Waals surface area contributed by atoms with Crippen LogP contribution in [0.3, 0.4) is 0 Å². The lowest BCUT2D eigenvalue weighted by Crippen LogP contribution is -2.36. The molecule has 7 nitrogen and oxygen atoms in total. The number of carbonyl (C=O) groups excluding carboxylic acids is 3.